The smallest absolute Gasteiger partial charge is 0.251 e. The maximum atomic E-state index is 12.7. The normalized spacial score (nSPS) is 19.4. The molecular weight excluding hydrogens is 384 g/mol. The Balaban J connectivity index is 1.39. The van der Waals surface area contributed by atoms with E-state index in [0.29, 0.717) is 11.1 Å². The lowest BCUT2D eigenvalue weighted by molar-refractivity contribution is 0.0938. The van der Waals surface area contributed by atoms with Gasteiger partial charge in [-0.05, 0) is 67.1 Å². The van der Waals surface area contributed by atoms with Gasteiger partial charge in [0.05, 0.1) is 10.6 Å². The van der Waals surface area contributed by atoms with Crippen molar-refractivity contribution in [2.75, 3.05) is 31.1 Å². The molecular formula is C23H28N2OS2. The van der Waals surface area contributed by atoms with E-state index in [1.165, 1.54) is 41.9 Å². The average Bonchev–Trinajstić information content (AvgIpc) is 3.30. The van der Waals surface area contributed by atoms with Crippen molar-refractivity contribution in [3.05, 3.63) is 71.3 Å². The highest BCUT2D eigenvalue weighted by Crippen LogP contribution is 2.43. The van der Waals surface area contributed by atoms with Crippen LogP contribution >= 0.6 is 23.5 Å². The van der Waals surface area contributed by atoms with Gasteiger partial charge in [0.1, 0.15) is 0 Å². The first-order valence-corrected chi connectivity index (χ1v) is 12.3. The van der Waals surface area contributed by atoms with E-state index in [2.05, 4.69) is 46.6 Å². The van der Waals surface area contributed by atoms with Gasteiger partial charge >= 0.3 is 0 Å². The van der Waals surface area contributed by atoms with Gasteiger partial charge in [-0.25, -0.2) is 0 Å². The van der Waals surface area contributed by atoms with Gasteiger partial charge in [0, 0.05) is 12.1 Å². The third-order valence-corrected chi connectivity index (χ3v) is 8.51. The standard InChI is InChI=1S/C23H28N2OS2/c26-22(19-9-11-20(12-10-19)23-27-15-6-16-28-23)24-17-21(25-13-4-5-14-25)18-7-2-1-3-8-18/h1-3,7-12,21,23H,4-6,13-17H2,(H,24,26)/t21-/m1/s1. The number of hydrogen-bond donors (Lipinski definition) is 1. The minimum absolute atomic E-state index is 0.0237. The average molecular weight is 413 g/mol. The summed E-state index contributed by atoms with van der Waals surface area (Å²) >= 11 is 4.03. The number of carbonyl (C=O) groups excluding carboxylic acids is 1. The molecule has 2 heterocycles. The van der Waals surface area contributed by atoms with Gasteiger partial charge < -0.3 is 5.32 Å². The summed E-state index contributed by atoms with van der Waals surface area (Å²) in [5, 5.41) is 3.18. The largest absolute Gasteiger partial charge is 0.350 e. The van der Waals surface area contributed by atoms with Crippen molar-refractivity contribution in [1.82, 2.24) is 10.2 Å². The molecule has 2 aromatic carbocycles. The maximum absolute atomic E-state index is 12.7. The number of thioether (sulfide) groups is 2. The highest BCUT2D eigenvalue weighted by molar-refractivity contribution is 8.16. The minimum atomic E-state index is 0.0237. The molecule has 28 heavy (non-hydrogen) atoms. The first-order chi connectivity index (χ1) is 13.8. The van der Waals surface area contributed by atoms with Gasteiger partial charge in [-0.15, -0.1) is 23.5 Å². The third kappa shape index (κ3) is 4.94. The summed E-state index contributed by atoms with van der Waals surface area (Å²) in [5.74, 6) is 2.49. The predicted octanol–water partition coefficient (Wildman–Crippen LogP) is 5.12. The molecule has 1 N–H and O–H groups in total. The van der Waals surface area contributed by atoms with E-state index in [-0.39, 0.29) is 11.9 Å². The molecule has 2 aliphatic rings. The van der Waals surface area contributed by atoms with Crippen molar-refractivity contribution in [1.29, 1.82) is 0 Å². The molecule has 1 atom stereocenters. The van der Waals surface area contributed by atoms with Gasteiger partial charge in [-0.3, -0.25) is 9.69 Å². The Morgan fingerprint density at radius 2 is 1.64 bits per heavy atom. The van der Waals surface area contributed by atoms with Crippen molar-refractivity contribution in [2.45, 2.75) is 29.9 Å². The number of nitrogens with one attached hydrogen (secondary N) is 1. The third-order valence-electron chi connectivity index (χ3n) is 5.49. The number of likely N-dealkylation sites (tertiary alicyclic amines) is 1. The van der Waals surface area contributed by atoms with Crippen molar-refractivity contribution in [2.24, 2.45) is 0 Å². The number of hydrogen-bond acceptors (Lipinski definition) is 4. The molecule has 0 saturated carbocycles. The van der Waals surface area contributed by atoms with E-state index in [1.54, 1.807) is 0 Å². The van der Waals surface area contributed by atoms with Crippen molar-refractivity contribution in [3.8, 4) is 0 Å². The van der Waals surface area contributed by atoms with Crippen LogP contribution < -0.4 is 5.32 Å². The molecule has 5 heteroatoms. The monoisotopic (exact) mass is 412 g/mol. The van der Waals surface area contributed by atoms with Crippen LogP contribution in [0.15, 0.2) is 54.6 Å². The molecule has 0 unspecified atom stereocenters. The van der Waals surface area contributed by atoms with Crippen LogP contribution in [-0.4, -0.2) is 41.9 Å². The maximum Gasteiger partial charge on any atom is 0.251 e. The zero-order chi connectivity index (χ0) is 19.2. The minimum Gasteiger partial charge on any atom is -0.350 e. The van der Waals surface area contributed by atoms with Crippen LogP contribution in [0.1, 0.15) is 51.4 Å². The summed E-state index contributed by atoms with van der Waals surface area (Å²) in [7, 11) is 0. The molecule has 3 nitrogen and oxygen atoms in total. The summed E-state index contributed by atoms with van der Waals surface area (Å²) in [4.78, 5) is 15.2. The first kappa shape index (κ1) is 19.9. The predicted molar refractivity (Wildman–Crippen MR) is 121 cm³/mol. The summed E-state index contributed by atoms with van der Waals surface area (Å²) in [6.45, 7) is 2.88. The van der Waals surface area contributed by atoms with Crippen LogP contribution in [0.4, 0.5) is 0 Å². The Labute approximate surface area is 176 Å². The molecule has 2 aromatic rings. The Morgan fingerprint density at radius 3 is 2.32 bits per heavy atom. The molecule has 2 fully saturated rings. The van der Waals surface area contributed by atoms with Crippen LogP contribution in [-0.2, 0) is 0 Å². The Morgan fingerprint density at radius 1 is 0.964 bits per heavy atom. The highest BCUT2D eigenvalue weighted by atomic mass is 32.2. The highest BCUT2D eigenvalue weighted by Gasteiger charge is 2.24. The van der Waals surface area contributed by atoms with Crippen molar-refractivity contribution >= 4 is 29.4 Å². The molecule has 0 radical (unpaired) electrons. The summed E-state index contributed by atoms with van der Waals surface area (Å²) in [6.07, 6.45) is 3.79. The Hall–Kier alpha value is -1.43. The zero-order valence-corrected chi connectivity index (χ0v) is 17.8. The summed E-state index contributed by atoms with van der Waals surface area (Å²) in [5.41, 5.74) is 3.36. The molecule has 148 valence electrons. The van der Waals surface area contributed by atoms with Crippen LogP contribution in [0.3, 0.4) is 0 Å². The van der Waals surface area contributed by atoms with E-state index < -0.39 is 0 Å². The van der Waals surface area contributed by atoms with E-state index in [9.17, 15) is 4.79 Å². The molecule has 1 amide bonds. The number of carbonyl (C=O) groups is 1. The second-order valence-electron chi connectivity index (χ2n) is 7.43. The van der Waals surface area contributed by atoms with E-state index in [1.807, 2.05) is 41.7 Å². The molecule has 0 spiro atoms. The fraction of sp³-hybridized carbons (Fsp3) is 0.435. The first-order valence-electron chi connectivity index (χ1n) is 10.2. The molecule has 0 aromatic heterocycles. The summed E-state index contributed by atoms with van der Waals surface area (Å²) < 4.78 is 0.517. The van der Waals surface area contributed by atoms with E-state index >= 15 is 0 Å². The van der Waals surface area contributed by atoms with Crippen LogP contribution in [0.25, 0.3) is 0 Å². The molecule has 0 bridgehead atoms. The number of amides is 1. The summed E-state index contributed by atoms with van der Waals surface area (Å²) in [6, 6.07) is 19.0. The SMILES string of the molecule is O=C(NC[C@H](c1ccccc1)N1CCCC1)c1ccc(C2SCCCS2)cc1. The van der Waals surface area contributed by atoms with Crippen LogP contribution in [0.2, 0.25) is 0 Å². The van der Waals surface area contributed by atoms with Crippen LogP contribution in [0.5, 0.6) is 0 Å². The fourth-order valence-electron chi connectivity index (χ4n) is 3.95. The number of benzene rings is 2. The van der Waals surface area contributed by atoms with Gasteiger partial charge in [-0.1, -0.05) is 42.5 Å². The molecule has 4 rings (SSSR count). The fourth-order valence-corrected chi connectivity index (χ4v) is 6.84. The number of rotatable bonds is 6. The van der Waals surface area contributed by atoms with Crippen LogP contribution in [0, 0.1) is 0 Å². The van der Waals surface area contributed by atoms with Gasteiger partial charge in [0.2, 0.25) is 0 Å². The van der Waals surface area contributed by atoms with Crippen molar-refractivity contribution in [3.63, 3.8) is 0 Å². The number of nitrogens with zero attached hydrogens (tertiary/aromatic N) is 1. The molecule has 0 aliphatic carbocycles. The lowest BCUT2D eigenvalue weighted by Gasteiger charge is -2.28. The van der Waals surface area contributed by atoms with Gasteiger partial charge in [-0.2, -0.15) is 0 Å². The Kier molecular flexibility index (Phi) is 7.00. The zero-order valence-electron chi connectivity index (χ0n) is 16.2. The second-order valence-corrected chi connectivity index (χ2v) is 10.2. The van der Waals surface area contributed by atoms with E-state index in [4.69, 9.17) is 0 Å². The lowest BCUT2D eigenvalue weighted by atomic mass is 10.1. The van der Waals surface area contributed by atoms with E-state index in [0.717, 1.165) is 18.7 Å². The van der Waals surface area contributed by atoms with Crippen molar-refractivity contribution < 1.29 is 4.79 Å². The van der Waals surface area contributed by atoms with Gasteiger partial charge in [0.25, 0.3) is 5.91 Å². The quantitative estimate of drug-likeness (QED) is 0.713. The van der Waals surface area contributed by atoms with Gasteiger partial charge in [0.15, 0.2) is 0 Å². The lowest BCUT2D eigenvalue weighted by Crippen LogP contribution is -2.36. The molecule has 2 aliphatic heterocycles. The topological polar surface area (TPSA) is 32.3 Å². The second kappa shape index (κ2) is 9.86. The molecule has 2 saturated heterocycles. The Bertz CT molecular complexity index is 754.